The van der Waals surface area contributed by atoms with Crippen LogP contribution in [0.15, 0.2) is 353 Å². The monoisotopic (exact) mass is 1770 g/mol. The number of carbonyl (C=O) groups excluding carboxylic acids is 4. The molecule has 0 radical (unpaired) electrons. The van der Waals surface area contributed by atoms with Gasteiger partial charge in [0.2, 0.25) is 23.5 Å². The van der Waals surface area contributed by atoms with Crippen molar-refractivity contribution < 1.29 is 41.1 Å². The van der Waals surface area contributed by atoms with Crippen molar-refractivity contribution in [3.05, 3.63) is 471 Å². The number of halogens is 5. The van der Waals surface area contributed by atoms with E-state index in [0.29, 0.717) is 88.1 Å². The van der Waals surface area contributed by atoms with E-state index in [9.17, 15) is 60.3 Å². The van der Waals surface area contributed by atoms with Crippen molar-refractivity contribution in [3.63, 3.8) is 0 Å². The summed E-state index contributed by atoms with van der Waals surface area (Å²) in [5.41, 5.74) is 13.8. The normalized spacial score (nSPS) is 11.1. The van der Waals surface area contributed by atoms with Gasteiger partial charge in [0.05, 0.1) is 79.8 Å². The van der Waals surface area contributed by atoms with Crippen LogP contribution in [-0.2, 0) is 59.3 Å². The predicted molar refractivity (Wildman–Crippen MR) is 512 cm³/mol. The van der Waals surface area contributed by atoms with Crippen LogP contribution in [0.3, 0.4) is 0 Å². The van der Waals surface area contributed by atoms with E-state index in [2.05, 4.69) is 46.2 Å². The van der Waals surface area contributed by atoms with E-state index in [0.717, 1.165) is 110 Å². The lowest BCUT2D eigenvalue weighted by Crippen LogP contribution is -2.20. The highest BCUT2D eigenvalue weighted by molar-refractivity contribution is 6.09. The lowest BCUT2D eigenvalue weighted by Gasteiger charge is -2.14. The molecule has 4 amide bonds. The Kier molecular flexibility index (Phi) is 26.3. The average Bonchev–Trinajstić information content (AvgIpc) is 0.786. The lowest BCUT2D eigenvalue weighted by atomic mass is 10.1. The fourth-order valence-electron chi connectivity index (χ4n) is 15.8. The number of fused-ring (bicyclic) bond motifs is 12. The summed E-state index contributed by atoms with van der Waals surface area (Å²) >= 11 is 0. The maximum Gasteiger partial charge on any atom is 0.256 e. The summed E-state index contributed by atoms with van der Waals surface area (Å²) in [7, 11) is 0. The zero-order chi connectivity index (χ0) is 92.0. The first-order chi connectivity index (χ1) is 64.7. The van der Waals surface area contributed by atoms with Gasteiger partial charge in [-0.2, -0.15) is 0 Å². The molecule has 0 spiro atoms. The fraction of sp³-hybridized carbons (Fsp3) is 0.0741. The second-order valence-electron chi connectivity index (χ2n) is 31.6. The van der Waals surface area contributed by atoms with E-state index in [4.69, 9.17) is 15.0 Å². The number of rotatable bonds is 20. The second kappa shape index (κ2) is 39.9. The highest BCUT2D eigenvalue weighted by Crippen LogP contribution is 2.33. The van der Waals surface area contributed by atoms with Crippen molar-refractivity contribution in [3.8, 4) is 0 Å². The van der Waals surface area contributed by atoms with Gasteiger partial charge in [0.15, 0.2) is 68.3 Å². The van der Waals surface area contributed by atoms with Crippen LogP contribution in [0.1, 0.15) is 78.5 Å². The minimum Gasteiger partial charge on any atom is -0.353 e. The van der Waals surface area contributed by atoms with Crippen LogP contribution in [0.2, 0.25) is 0 Å². The van der Waals surface area contributed by atoms with Crippen molar-refractivity contribution >= 4 is 134 Å². The number of nitrogens with one attached hydrogen (secondary N) is 8. The zero-order valence-corrected chi connectivity index (χ0v) is 70.9. The molecule has 0 unspecified atom stereocenters. The van der Waals surface area contributed by atoms with Crippen molar-refractivity contribution in [1.82, 2.24) is 39.9 Å². The SMILES string of the molecule is O=C(CCc1ccccc1)Nc1nc2ccc3cc(=O)ccc3c2[nH]c1Cc1ccccc1.O=C(Cc1c(F)c(F)c(F)c(F)c1F)Nc1nc2ccc3cc(=O)ccc3c2[nH]c1Cc1ccccc1.O=C(Cc1ccccc1)Nc1nc2ccc3cc(=O)ccc3c2[nH]c1Cc1ccccc1.O=C(Nc1nc2ccc3cc(=O)ccc3c2[nH]c1Cc1ccccc1)c1ccccc1. The molecule has 0 atom stereocenters. The topological polar surface area (TPSA) is 299 Å². The number of amides is 4. The quantitative estimate of drug-likeness (QED) is 0.0153. The summed E-state index contributed by atoms with van der Waals surface area (Å²) in [4.78, 5) is 131. The number of aromatic nitrogens is 8. The molecule has 0 fully saturated rings. The summed E-state index contributed by atoms with van der Waals surface area (Å²) in [5.74, 6) is -10.6. The number of carbonyl (C=O) groups is 4. The molecular formula is C108H79F5N12O8. The van der Waals surface area contributed by atoms with Gasteiger partial charge in [-0.05, 0) is 171 Å². The molecule has 8 N–H and O–H groups in total. The van der Waals surface area contributed by atoms with Gasteiger partial charge in [-0.1, -0.05) is 224 Å². The molecule has 0 bridgehead atoms. The Bertz CT molecular complexity index is 8060. The second-order valence-corrected chi connectivity index (χ2v) is 31.6. The summed E-state index contributed by atoms with van der Waals surface area (Å²) in [5, 5.41) is 18.1. The molecule has 0 aliphatic rings. The van der Waals surface area contributed by atoms with E-state index in [-0.39, 0.29) is 58.1 Å². The van der Waals surface area contributed by atoms with Crippen molar-refractivity contribution in [2.45, 2.75) is 51.4 Å². The summed E-state index contributed by atoms with van der Waals surface area (Å²) in [6, 6.07) is 102. The maximum absolute atomic E-state index is 14.1. The Morgan fingerprint density at radius 1 is 0.263 bits per heavy atom. The third-order valence-electron chi connectivity index (χ3n) is 22.3. The third-order valence-corrected chi connectivity index (χ3v) is 22.3. The molecule has 654 valence electrons. The number of hydrogen-bond acceptors (Lipinski definition) is 12. The number of nitrogens with zero attached hydrogens (tertiary/aromatic N) is 4. The number of aryl methyl sites for hydroxylation is 1. The Morgan fingerprint density at radius 2 is 0.526 bits per heavy atom. The molecule has 20 aromatic rings. The van der Waals surface area contributed by atoms with Gasteiger partial charge in [0.1, 0.15) is 0 Å². The third kappa shape index (κ3) is 20.9. The first-order valence-corrected chi connectivity index (χ1v) is 42.5. The van der Waals surface area contributed by atoms with Crippen LogP contribution in [0, 0.1) is 29.1 Å². The van der Waals surface area contributed by atoms with Crippen molar-refractivity contribution in [2.24, 2.45) is 0 Å². The van der Waals surface area contributed by atoms with Gasteiger partial charge in [0, 0.05) is 64.8 Å². The molecule has 20 nitrogen and oxygen atoms in total. The van der Waals surface area contributed by atoms with Crippen LogP contribution in [-0.4, -0.2) is 63.5 Å². The Hall–Kier alpha value is -17.4. The van der Waals surface area contributed by atoms with Gasteiger partial charge in [-0.15, -0.1) is 0 Å². The van der Waals surface area contributed by atoms with Gasteiger partial charge in [-0.25, -0.2) is 41.9 Å². The Morgan fingerprint density at radius 3 is 0.842 bits per heavy atom. The number of aromatic amines is 4. The summed E-state index contributed by atoms with van der Waals surface area (Å²) in [6.07, 6.45) is 2.21. The molecule has 16 aromatic carbocycles. The van der Waals surface area contributed by atoms with Gasteiger partial charge >= 0.3 is 0 Å². The summed E-state index contributed by atoms with van der Waals surface area (Å²) < 4.78 is 68.7. The standard InChI is InChI=1S/C28H23N3O2.C27H16F5N3O2.C27H21N3O2.C26H19N3O2/c32-22-13-14-23-21(18-22)12-15-24-27(23)29-25(17-20-9-5-2-6-10-20)28(30-24)31-26(33)16-11-19-7-3-1-4-8-19;28-21-17(22(29)24(31)25(32)23(21)30)12-20(37)35-27-19(10-13-4-2-1-3-5-13)33-26-16-8-7-15(36)11-14(16)6-9-18(26)34-27;31-21-12-13-22-20(17-21)11-14-23-26(22)28-24(15-18-7-3-1-4-8-18)27(29-23)30-25(32)16-19-9-5-2-6-10-19;30-20-12-13-21-19(16-20)11-14-22-24(21)27-23(15-17-7-3-1-4-8-17)25(28-22)29-26(31)18-9-5-2-6-10-18/h1-10,12-15,18,29H,11,16-17H2,(H,31,33);1-9,11,33H,10,12H2,(H,35,37);1-14,17,28H,15-16H2,(H,30,32);1-14,16,27H,15H2,(H,29,31). The molecule has 133 heavy (non-hydrogen) atoms. The first kappa shape index (κ1) is 87.7. The Labute approximate surface area is 754 Å². The number of benzene rings is 16. The molecule has 25 heteroatoms. The molecular weight excluding hydrogens is 1690 g/mol. The molecule has 0 aliphatic carbocycles. The van der Waals surface area contributed by atoms with E-state index in [1.807, 2.05) is 255 Å². The highest BCUT2D eigenvalue weighted by atomic mass is 19.2. The largest absolute Gasteiger partial charge is 0.353 e. The number of hydrogen-bond donors (Lipinski definition) is 8. The van der Waals surface area contributed by atoms with Crippen LogP contribution in [0.25, 0.3) is 87.2 Å². The van der Waals surface area contributed by atoms with E-state index in [1.165, 1.54) is 12.1 Å². The first-order valence-electron chi connectivity index (χ1n) is 42.5. The van der Waals surface area contributed by atoms with Gasteiger partial charge in [-0.3, -0.25) is 38.4 Å². The maximum atomic E-state index is 14.1. The van der Waals surface area contributed by atoms with Crippen LogP contribution in [0.4, 0.5) is 45.2 Å². The Balaban J connectivity index is 0.000000124. The van der Waals surface area contributed by atoms with E-state index >= 15 is 0 Å². The van der Waals surface area contributed by atoms with Crippen LogP contribution in [0.5, 0.6) is 0 Å². The van der Waals surface area contributed by atoms with Crippen molar-refractivity contribution in [2.75, 3.05) is 21.3 Å². The fourth-order valence-corrected chi connectivity index (χ4v) is 15.8. The minimum atomic E-state index is -2.30. The average molecular weight is 1770 g/mol. The van der Waals surface area contributed by atoms with Crippen molar-refractivity contribution in [1.29, 1.82) is 0 Å². The van der Waals surface area contributed by atoms with E-state index in [1.54, 1.807) is 66.7 Å². The summed E-state index contributed by atoms with van der Waals surface area (Å²) in [6.45, 7) is 0. The smallest absolute Gasteiger partial charge is 0.256 e. The molecule has 0 aliphatic heterocycles. The highest BCUT2D eigenvalue weighted by Gasteiger charge is 2.28. The molecule has 20 rings (SSSR count). The minimum absolute atomic E-state index is 0.0185. The number of anilines is 4. The molecule has 0 saturated heterocycles. The van der Waals surface area contributed by atoms with Gasteiger partial charge in [0.25, 0.3) is 5.91 Å². The molecule has 0 saturated carbocycles. The zero-order valence-electron chi connectivity index (χ0n) is 70.9. The molecule has 4 aromatic heterocycles. The van der Waals surface area contributed by atoms with Crippen LogP contribution < -0.4 is 43.0 Å². The molecule has 4 heterocycles. The number of H-pyrrole nitrogens is 4. The lowest BCUT2D eigenvalue weighted by molar-refractivity contribution is -0.116. The van der Waals surface area contributed by atoms with Gasteiger partial charge < -0.3 is 41.2 Å². The predicted octanol–water partition coefficient (Wildman–Crippen LogP) is 20.5. The van der Waals surface area contributed by atoms with E-state index < -0.39 is 47.0 Å². The van der Waals surface area contributed by atoms with Crippen LogP contribution >= 0.6 is 0 Å².